The van der Waals surface area contributed by atoms with Crippen LogP contribution >= 0.6 is 34.0 Å². The molecule has 180 valence electrons. The summed E-state index contributed by atoms with van der Waals surface area (Å²) in [6, 6.07) is 9.23. The van der Waals surface area contributed by atoms with Crippen molar-refractivity contribution in [3.8, 4) is 0 Å². The first kappa shape index (κ1) is 23.7. The number of hydrogen-bond donors (Lipinski definition) is 1. The van der Waals surface area contributed by atoms with Gasteiger partial charge in [-0.3, -0.25) is 14.4 Å². The molecule has 0 aliphatic carbocycles. The number of primary amides is 1. The number of rotatable bonds is 6. The predicted octanol–water partition coefficient (Wildman–Crippen LogP) is 5.72. The minimum atomic E-state index is -0.988. The van der Waals surface area contributed by atoms with Gasteiger partial charge in [0.2, 0.25) is 11.7 Å². The second-order valence-corrected chi connectivity index (χ2v) is 11.6. The summed E-state index contributed by atoms with van der Waals surface area (Å²) in [6.07, 6.45) is 0. The third-order valence-electron chi connectivity index (χ3n) is 6.59. The third kappa shape index (κ3) is 3.97. The largest absolute Gasteiger partial charge is 0.458 e. The Balaban J connectivity index is 1.78. The molecule has 35 heavy (non-hydrogen) atoms. The number of carbonyl (C=O) groups excluding carboxylic acids is 3. The number of amides is 2. The summed E-state index contributed by atoms with van der Waals surface area (Å²) in [6.45, 7) is 5.70. The number of aryl methyl sites for hydroxylation is 3. The van der Waals surface area contributed by atoms with Gasteiger partial charge in [0.05, 0.1) is 16.8 Å². The molecule has 4 unspecified atom stereocenters. The molecule has 4 atom stereocenters. The van der Waals surface area contributed by atoms with Gasteiger partial charge < -0.3 is 15.1 Å². The molecule has 4 aromatic heterocycles. The van der Waals surface area contributed by atoms with Crippen LogP contribution in [-0.2, 0) is 4.79 Å². The van der Waals surface area contributed by atoms with Crippen LogP contribution in [0.15, 0.2) is 57.0 Å². The number of furan rings is 1. The van der Waals surface area contributed by atoms with E-state index < -0.39 is 29.8 Å². The van der Waals surface area contributed by atoms with Crippen molar-refractivity contribution < 1.29 is 18.8 Å². The quantitative estimate of drug-likeness (QED) is 0.326. The number of nitrogens with two attached hydrogens (primary N) is 1. The van der Waals surface area contributed by atoms with E-state index in [0.29, 0.717) is 10.6 Å². The highest BCUT2D eigenvalue weighted by atomic mass is 32.1. The van der Waals surface area contributed by atoms with E-state index in [0.717, 1.165) is 20.9 Å². The molecule has 0 spiro atoms. The summed E-state index contributed by atoms with van der Waals surface area (Å²) >= 11 is 4.27. The van der Waals surface area contributed by atoms with Gasteiger partial charge in [-0.25, -0.2) is 0 Å². The first-order valence-electron chi connectivity index (χ1n) is 11.1. The van der Waals surface area contributed by atoms with Crippen LogP contribution in [0.5, 0.6) is 0 Å². The highest BCUT2D eigenvalue weighted by Crippen LogP contribution is 2.54. The van der Waals surface area contributed by atoms with Crippen molar-refractivity contribution in [3.63, 3.8) is 0 Å². The molecule has 1 saturated heterocycles. The van der Waals surface area contributed by atoms with E-state index in [9.17, 15) is 14.4 Å². The molecule has 0 saturated carbocycles. The molecule has 0 aromatic carbocycles. The van der Waals surface area contributed by atoms with Crippen molar-refractivity contribution in [1.29, 1.82) is 0 Å². The zero-order valence-corrected chi connectivity index (χ0v) is 21.8. The maximum Gasteiger partial charge on any atom is 0.265 e. The Morgan fingerprint density at radius 2 is 1.57 bits per heavy atom. The molecule has 6 nitrogen and oxygen atoms in total. The average Bonchev–Trinajstić information content (AvgIpc) is 3.63. The third-order valence-corrected chi connectivity index (χ3v) is 9.65. The summed E-state index contributed by atoms with van der Waals surface area (Å²) in [7, 11) is 0. The normalized spacial score (nSPS) is 22.0. The fraction of sp³-hybridized carbons (Fsp3) is 0.269. The number of thiophene rings is 3. The average molecular weight is 525 g/mol. The van der Waals surface area contributed by atoms with Crippen molar-refractivity contribution in [3.05, 3.63) is 89.8 Å². The van der Waals surface area contributed by atoms with Gasteiger partial charge in [-0.15, -0.1) is 34.0 Å². The summed E-state index contributed by atoms with van der Waals surface area (Å²) in [5.74, 6) is -1.65. The van der Waals surface area contributed by atoms with E-state index in [4.69, 9.17) is 10.2 Å². The minimum Gasteiger partial charge on any atom is -0.458 e. The lowest BCUT2D eigenvalue weighted by Crippen LogP contribution is -2.46. The zero-order valence-electron chi connectivity index (χ0n) is 19.4. The van der Waals surface area contributed by atoms with Gasteiger partial charge in [0.1, 0.15) is 11.8 Å². The smallest absolute Gasteiger partial charge is 0.265 e. The molecular weight excluding hydrogens is 500 g/mol. The fourth-order valence-corrected chi connectivity index (χ4v) is 7.90. The summed E-state index contributed by atoms with van der Waals surface area (Å²) in [5, 5.41) is 5.71. The van der Waals surface area contributed by atoms with Crippen LogP contribution in [0, 0.1) is 26.7 Å². The predicted molar refractivity (Wildman–Crippen MR) is 138 cm³/mol. The van der Waals surface area contributed by atoms with Gasteiger partial charge in [-0.2, -0.15) is 0 Å². The van der Waals surface area contributed by atoms with Gasteiger partial charge in [0, 0.05) is 15.7 Å². The lowest BCUT2D eigenvalue weighted by Gasteiger charge is -2.30. The number of hydrogen-bond acceptors (Lipinski definition) is 7. The second kappa shape index (κ2) is 9.22. The number of ketones is 1. The maximum absolute atomic E-state index is 14.1. The van der Waals surface area contributed by atoms with Crippen molar-refractivity contribution in [2.45, 2.75) is 38.8 Å². The van der Waals surface area contributed by atoms with Crippen molar-refractivity contribution in [2.75, 3.05) is 0 Å². The van der Waals surface area contributed by atoms with Gasteiger partial charge in [0.25, 0.3) is 5.91 Å². The Morgan fingerprint density at radius 1 is 0.886 bits per heavy atom. The number of nitrogens with zero attached hydrogens (tertiary/aromatic N) is 1. The van der Waals surface area contributed by atoms with E-state index in [1.165, 1.54) is 34.0 Å². The molecule has 9 heteroatoms. The monoisotopic (exact) mass is 524 g/mol. The van der Waals surface area contributed by atoms with E-state index in [1.807, 2.05) is 42.1 Å². The van der Waals surface area contributed by atoms with E-state index >= 15 is 0 Å². The zero-order chi connectivity index (χ0) is 24.9. The Labute approximate surface area is 215 Å². The Bertz CT molecular complexity index is 1400. The number of carbonyl (C=O) groups is 3. The van der Waals surface area contributed by atoms with Gasteiger partial charge >= 0.3 is 0 Å². The van der Waals surface area contributed by atoms with Crippen LogP contribution in [0.2, 0.25) is 0 Å². The number of likely N-dealkylation sites (tertiary alicyclic amines) is 1. The second-order valence-electron chi connectivity index (χ2n) is 8.74. The molecule has 5 rings (SSSR count). The lowest BCUT2D eigenvalue weighted by molar-refractivity contribution is -0.122. The molecule has 4 aromatic rings. The van der Waals surface area contributed by atoms with Crippen molar-refractivity contribution in [2.24, 2.45) is 11.7 Å². The first-order chi connectivity index (χ1) is 16.8. The van der Waals surface area contributed by atoms with Gasteiger partial charge in [0.15, 0.2) is 5.76 Å². The topological polar surface area (TPSA) is 93.6 Å². The van der Waals surface area contributed by atoms with E-state index in [2.05, 4.69) is 0 Å². The van der Waals surface area contributed by atoms with Gasteiger partial charge in [-0.1, -0.05) is 6.07 Å². The summed E-state index contributed by atoms with van der Waals surface area (Å²) in [5.41, 5.74) is 7.96. The summed E-state index contributed by atoms with van der Waals surface area (Å²) < 4.78 is 5.75. The Kier molecular flexibility index (Phi) is 6.25. The number of Topliss-reactive ketones (excluding diaryl/α,β-unsaturated/α-hetero) is 1. The molecule has 0 bridgehead atoms. The van der Waals surface area contributed by atoms with Gasteiger partial charge in [-0.05, 0) is 78.4 Å². The highest BCUT2D eigenvalue weighted by molar-refractivity contribution is 7.12. The molecule has 5 heterocycles. The Hall–Kier alpha value is -3.01. The molecular formula is C26H24N2O4S3. The van der Waals surface area contributed by atoms with E-state index in [-0.39, 0.29) is 17.5 Å². The molecule has 1 fully saturated rings. The molecule has 1 aliphatic heterocycles. The SMILES string of the molecule is Cc1ccc(C(=O)C2C(c3sccc3C)C(C(N)=O)N(C(=O)c3cccs3)C2c2sccc2C)o1. The van der Waals surface area contributed by atoms with Crippen LogP contribution < -0.4 is 5.73 Å². The first-order valence-corrected chi connectivity index (χ1v) is 13.8. The van der Waals surface area contributed by atoms with Crippen molar-refractivity contribution in [1.82, 2.24) is 4.90 Å². The standard InChI is InChI=1S/C26H24N2O4S3/c1-13-8-11-34-23(13)19-18(22(29)16-7-6-15(3)32-16)20(24-14(2)9-12-35-24)28(21(19)25(27)30)26(31)17-5-4-10-33-17/h4-12,18-21H,1-3H3,(H2,27,30). The van der Waals surface area contributed by atoms with Crippen LogP contribution in [-0.4, -0.2) is 28.5 Å². The van der Waals surface area contributed by atoms with Crippen LogP contribution in [0.1, 0.15) is 58.8 Å². The highest BCUT2D eigenvalue weighted by Gasteiger charge is 2.58. The van der Waals surface area contributed by atoms with E-state index in [1.54, 1.807) is 36.1 Å². The summed E-state index contributed by atoms with van der Waals surface area (Å²) in [4.78, 5) is 45.0. The molecule has 0 radical (unpaired) electrons. The maximum atomic E-state index is 14.1. The molecule has 2 amide bonds. The van der Waals surface area contributed by atoms with Crippen LogP contribution in [0.4, 0.5) is 0 Å². The Morgan fingerprint density at radius 3 is 2.09 bits per heavy atom. The van der Waals surface area contributed by atoms with Crippen LogP contribution in [0.25, 0.3) is 0 Å². The molecule has 2 N–H and O–H groups in total. The minimum absolute atomic E-state index is 0.222. The van der Waals surface area contributed by atoms with Crippen LogP contribution in [0.3, 0.4) is 0 Å². The molecule has 1 aliphatic rings. The fourth-order valence-electron chi connectivity index (χ4n) is 5.05. The van der Waals surface area contributed by atoms with Crippen molar-refractivity contribution >= 4 is 51.6 Å². The lowest BCUT2D eigenvalue weighted by atomic mass is 9.80.